The van der Waals surface area contributed by atoms with Crippen molar-refractivity contribution in [2.75, 3.05) is 50.7 Å². The van der Waals surface area contributed by atoms with E-state index in [1.807, 2.05) is 35.0 Å². The van der Waals surface area contributed by atoms with E-state index < -0.39 is 0 Å². The van der Waals surface area contributed by atoms with E-state index in [2.05, 4.69) is 43.7 Å². The normalized spacial score (nSPS) is 20.2. The number of likely N-dealkylation sites (N-methyl/N-ethyl adjacent to an activating group) is 1. The molecule has 3 aliphatic rings. The van der Waals surface area contributed by atoms with Gasteiger partial charge in [0.1, 0.15) is 0 Å². The molecule has 36 heavy (non-hydrogen) atoms. The Morgan fingerprint density at radius 3 is 2.58 bits per heavy atom. The summed E-state index contributed by atoms with van der Waals surface area (Å²) in [4.78, 5) is 28.9. The van der Waals surface area contributed by atoms with Crippen LogP contribution in [0.25, 0.3) is 23.0 Å². The van der Waals surface area contributed by atoms with Gasteiger partial charge in [0.15, 0.2) is 10.8 Å². The first-order valence-corrected chi connectivity index (χ1v) is 13.7. The predicted octanol–water partition coefficient (Wildman–Crippen LogP) is 4.26. The van der Waals surface area contributed by atoms with E-state index in [0.717, 1.165) is 91.4 Å². The summed E-state index contributed by atoms with van der Waals surface area (Å²) in [6, 6.07) is 9.96. The van der Waals surface area contributed by atoms with Gasteiger partial charge in [-0.25, -0.2) is 9.50 Å². The number of imidazole rings is 1. The van der Waals surface area contributed by atoms with Gasteiger partial charge in [-0.15, -0.1) is 0 Å². The van der Waals surface area contributed by atoms with Gasteiger partial charge in [0.2, 0.25) is 0 Å². The van der Waals surface area contributed by atoms with Crippen LogP contribution in [0.2, 0.25) is 5.02 Å². The lowest BCUT2D eigenvalue weighted by Gasteiger charge is -2.36. The molecule has 1 amide bonds. The Hall–Kier alpha value is -2.88. The number of rotatable bonds is 4. The minimum absolute atomic E-state index is 0.197. The van der Waals surface area contributed by atoms with Crippen molar-refractivity contribution in [3.05, 3.63) is 52.2 Å². The van der Waals surface area contributed by atoms with Crippen molar-refractivity contribution in [2.45, 2.75) is 19.8 Å². The molecule has 3 aliphatic heterocycles. The molecule has 10 heteroatoms. The highest BCUT2D eigenvalue weighted by atomic mass is 35.5. The van der Waals surface area contributed by atoms with Crippen LogP contribution in [-0.4, -0.2) is 81.3 Å². The van der Waals surface area contributed by atoms with Gasteiger partial charge < -0.3 is 14.7 Å². The second kappa shape index (κ2) is 9.88. The van der Waals surface area contributed by atoms with Crippen LogP contribution in [0.4, 0.5) is 5.69 Å². The van der Waals surface area contributed by atoms with Crippen molar-refractivity contribution in [1.29, 1.82) is 0 Å². The fourth-order valence-electron chi connectivity index (χ4n) is 4.96. The molecule has 2 saturated heterocycles. The van der Waals surface area contributed by atoms with Crippen LogP contribution in [0, 0.1) is 0 Å². The van der Waals surface area contributed by atoms with Crippen LogP contribution in [0.3, 0.4) is 0 Å². The summed E-state index contributed by atoms with van der Waals surface area (Å²) < 4.78 is 1.81. The first kappa shape index (κ1) is 23.5. The van der Waals surface area contributed by atoms with Crippen molar-refractivity contribution >= 4 is 51.8 Å². The van der Waals surface area contributed by atoms with Crippen LogP contribution >= 0.6 is 23.4 Å². The third kappa shape index (κ3) is 4.51. The Balaban J connectivity index is 1.25. The van der Waals surface area contributed by atoms with Gasteiger partial charge in [-0.05, 0) is 61.5 Å². The first-order chi connectivity index (χ1) is 17.6. The van der Waals surface area contributed by atoms with Crippen LogP contribution in [0.15, 0.2) is 46.4 Å². The van der Waals surface area contributed by atoms with Crippen molar-refractivity contribution in [3.8, 4) is 11.3 Å². The minimum atomic E-state index is -0.197. The highest BCUT2D eigenvalue weighted by Crippen LogP contribution is 2.33. The summed E-state index contributed by atoms with van der Waals surface area (Å²) in [5.74, 6) is -0.197. The van der Waals surface area contributed by atoms with Gasteiger partial charge in [-0.1, -0.05) is 24.6 Å². The third-order valence-electron chi connectivity index (χ3n) is 7.05. The van der Waals surface area contributed by atoms with Crippen molar-refractivity contribution in [1.82, 2.24) is 24.4 Å². The Labute approximate surface area is 219 Å². The molecule has 1 aromatic carbocycles. The molecule has 0 spiro atoms. The number of hydrogen-bond acceptors (Lipinski definition) is 7. The maximum atomic E-state index is 12.5. The van der Waals surface area contributed by atoms with Crippen molar-refractivity contribution in [2.24, 2.45) is 4.99 Å². The number of nitrogens with zero attached hydrogens (tertiary/aromatic N) is 7. The average Bonchev–Trinajstić information content (AvgIpc) is 3.65. The monoisotopic (exact) mass is 521 g/mol. The Morgan fingerprint density at radius 2 is 1.83 bits per heavy atom. The second-order valence-corrected chi connectivity index (χ2v) is 10.7. The van der Waals surface area contributed by atoms with Crippen LogP contribution in [0.5, 0.6) is 0 Å². The molecule has 0 bridgehead atoms. The maximum Gasteiger partial charge on any atom is 0.286 e. The molecule has 0 atom stereocenters. The quantitative estimate of drug-likeness (QED) is 0.475. The highest BCUT2D eigenvalue weighted by molar-refractivity contribution is 8.18. The lowest BCUT2D eigenvalue weighted by molar-refractivity contribution is -0.113. The number of amidine groups is 1. The van der Waals surface area contributed by atoms with Crippen LogP contribution in [0.1, 0.15) is 25.5 Å². The summed E-state index contributed by atoms with van der Waals surface area (Å²) >= 11 is 8.19. The number of likely N-dealkylation sites (tertiary alicyclic amines) is 1. The first-order valence-electron chi connectivity index (χ1n) is 12.5. The van der Waals surface area contributed by atoms with E-state index >= 15 is 0 Å². The number of carbonyl (C=O) groups excluding carboxylic acids is 1. The largest absolute Gasteiger partial charge is 0.368 e. The van der Waals surface area contributed by atoms with Gasteiger partial charge in [-0.3, -0.25) is 4.79 Å². The number of aliphatic imine (C=N–C) groups is 1. The van der Waals surface area contributed by atoms with Gasteiger partial charge in [0.05, 0.1) is 33.2 Å². The number of hydrogen-bond donors (Lipinski definition) is 0. The molecule has 0 radical (unpaired) electrons. The number of aromatic nitrogens is 3. The smallest absolute Gasteiger partial charge is 0.286 e. The summed E-state index contributed by atoms with van der Waals surface area (Å²) in [6.45, 7) is 9.26. The number of anilines is 1. The fraction of sp³-hybridized carbons (Fsp3) is 0.385. The summed E-state index contributed by atoms with van der Waals surface area (Å²) in [6.07, 6.45) is 5.92. The number of benzene rings is 1. The van der Waals surface area contributed by atoms with E-state index in [1.54, 1.807) is 0 Å². The van der Waals surface area contributed by atoms with E-state index in [-0.39, 0.29) is 5.91 Å². The van der Waals surface area contributed by atoms with Gasteiger partial charge in [0, 0.05) is 44.8 Å². The summed E-state index contributed by atoms with van der Waals surface area (Å²) in [5.41, 5.74) is 4.30. The second-order valence-electron chi connectivity index (χ2n) is 9.26. The van der Waals surface area contributed by atoms with E-state index in [0.29, 0.717) is 10.6 Å². The summed E-state index contributed by atoms with van der Waals surface area (Å²) in [7, 11) is 0. The number of carbonyl (C=O) groups is 1. The molecule has 2 aromatic heterocycles. The zero-order valence-electron chi connectivity index (χ0n) is 20.2. The SMILES string of the molecule is CCN1CCN(c2ccc(-c3cnc4ccc(/C=C5\SC(N6CCCC6)=NC5=O)nn34)cc2Cl)CC1. The Kier molecular flexibility index (Phi) is 6.45. The molecule has 6 rings (SSSR count). The molecule has 3 aromatic rings. The number of amides is 1. The van der Waals surface area contributed by atoms with Crippen LogP contribution in [-0.2, 0) is 4.79 Å². The molecule has 0 saturated carbocycles. The number of halogens is 1. The molecular weight excluding hydrogens is 494 g/mol. The van der Waals surface area contributed by atoms with E-state index in [4.69, 9.17) is 16.7 Å². The molecule has 186 valence electrons. The molecule has 8 nitrogen and oxygen atoms in total. The number of fused-ring (bicyclic) bond motifs is 1. The average molecular weight is 522 g/mol. The van der Waals surface area contributed by atoms with Crippen molar-refractivity contribution < 1.29 is 4.79 Å². The zero-order valence-corrected chi connectivity index (χ0v) is 21.8. The van der Waals surface area contributed by atoms with Gasteiger partial charge in [-0.2, -0.15) is 10.1 Å². The zero-order chi connectivity index (χ0) is 24.6. The van der Waals surface area contributed by atoms with Gasteiger partial charge >= 0.3 is 0 Å². The molecule has 0 unspecified atom stereocenters. The van der Waals surface area contributed by atoms with E-state index in [9.17, 15) is 4.79 Å². The highest BCUT2D eigenvalue weighted by Gasteiger charge is 2.28. The third-order valence-corrected chi connectivity index (χ3v) is 8.40. The molecule has 2 fully saturated rings. The molecule has 5 heterocycles. The number of piperazine rings is 1. The lowest BCUT2D eigenvalue weighted by atomic mass is 10.1. The predicted molar refractivity (Wildman–Crippen MR) is 147 cm³/mol. The van der Waals surface area contributed by atoms with Crippen molar-refractivity contribution in [3.63, 3.8) is 0 Å². The maximum absolute atomic E-state index is 12.5. The summed E-state index contributed by atoms with van der Waals surface area (Å²) in [5, 5.41) is 6.31. The van der Waals surface area contributed by atoms with E-state index in [1.165, 1.54) is 11.8 Å². The molecular formula is C26H28ClN7OS. The Morgan fingerprint density at radius 1 is 1.03 bits per heavy atom. The minimum Gasteiger partial charge on any atom is -0.368 e. The fourth-order valence-corrected chi connectivity index (χ4v) is 6.21. The lowest BCUT2D eigenvalue weighted by Crippen LogP contribution is -2.46. The number of thioether (sulfide) groups is 1. The van der Waals surface area contributed by atoms with Crippen LogP contribution < -0.4 is 4.90 Å². The standard InChI is InChI=1S/C26H28ClN7OS/c1-2-31-11-13-32(14-12-31)21-7-5-18(15-20(21)27)22-17-28-24-8-6-19(30-34(22)24)16-23-25(35)29-26(36-23)33-9-3-4-10-33/h5-8,15-17H,2-4,9-14H2,1H3/b23-16-. The topological polar surface area (TPSA) is 69.3 Å². The molecule has 0 N–H and O–H groups in total. The molecule has 0 aliphatic carbocycles. The Bertz CT molecular complexity index is 1370. The van der Waals surface area contributed by atoms with Gasteiger partial charge in [0.25, 0.3) is 5.91 Å².